The molecule has 4 heteroatoms. The summed E-state index contributed by atoms with van der Waals surface area (Å²) in [6.45, 7) is 3.73. The van der Waals surface area contributed by atoms with Crippen LogP contribution in [0, 0.1) is 11.3 Å². The maximum Gasteiger partial charge on any atom is 0.114 e. The number of hydrogen-bond acceptors (Lipinski definition) is 3. The van der Waals surface area contributed by atoms with E-state index in [-0.39, 0.29) is 0 Å². The third-order valence-corrected chi connectivity index (χ3v) is 3.74. The number of nitrogens with zero attached hydrogens (tertiary/aromatic N) is 2. The number of nitriles is 1. The molecule has 0 N–H and O–H groups in total. The fourth-order valence-electron chi connectivity index (χ4n) is 1.21. The zero-order valence-electron chi connectivity index (χ0n) is 8.41. The van der Waals surface area contributed by atoms with Crippen molar-refractivity contribution < 1.29 is 0 Å². The Bertz CT molecular complexity index is 551. The highest BCUT2D eigenvalue weighted by Gasteiger charge is 2.24. The van der Waals surface area contributed by atoms with Gasteiger partial charge in [0.05, 0.1) is 16.3 Å². The van der Waals surface area contributed by atoms with Gasteiger partial charge in [0.2, 0.25) is 0 Å². The maximum absolute atomic E-state index is 9.02. The molecule has 0 radical (unpaired) electrons. The number of halogens is 1. The first-order valence-corrected chi connectivity index (χ1v) is 5.70. The standard InChI is InChI=1S/C11H9ClN2S/c1-11(2,6-13)10-14-8-4-3-7(12)5-9(8)15-10/h3-5H,1-2H3. The summed E-state index contributed by atoms with van der Waals surface area (Å²) in [6.07, 6.45) is 0. The first-order valence-electron chi connectivity index (χ1n) is 4.51. The molecule has 1 aromatic heterocycles. The molecule has 0 fully saturated rings. The van der Waals surface area contributed by atoms with E-state index < -0.39 is 5.41 Å². The van der Waals surface area contributed by atoms with Crippen LogP contribution in [-0.4, -0.2) is 4.98 Å². The minimum absolute atomic E-state index is 0.532. The molecular weight excluding hydrogens is 228 g/mol. The third kappa shape index (κ3) is 1.83. The normalized spacial score (nSPS) is 11.6. The van der Waals surface area contributed by atoms with Crippen LogP contribution < -0.4 is 0 Å². The van der Waals surface area contributed by atoms with Crippen molar-refractivity contribution in [3.63, 3.8) is 0 Å². The first kappa shape index (κ1) is 10.4. The molecule has 0 saturated heterocycles. The van der Waals surface area contributed by atoms with E-state index in [2.05, 4.69) is 11.1 Å². The van der Waals surface area contributed by atoms with Crippen molar-refractivity contribution in [2.24, 2.45) is 0 Å². The van der Waals surface area contributed by atoms with Gasteiger partial charge in [-0.05, 0) is 32.0 Å². The maximum atomic E-state index is 9.02. The lowest BCUT2D eigenvalue weighted by Crippen LogP contribution is -2.12. The minimum atomic E-state index is -0.532. The van der Waals surface area contributed by atoms with E-state index in [1.54, 1.807) is 0 Å². The Morgan fingerprint density at radius 1 is 1.47 bits per heavy atom. The van der Waals surface area contributed by atoms with Gasteiger partial charge < -0.3 is 0 Å². The quantitative estimate of drug-likeness (QED) is 0.756. The average molecular weight is 237 g/mol. The molecule has 1 aromatic carbocycles. The van der Waals surface area contributed by atoms with Crippen LogP contribution in [0.15, 0.2) is 18.2 Å². The second kappa shape index (κ2) is 3.48. The van der Waals surface area contributed by atoms with Crippen LogP contribution in [0.4, 0.5) is 0 Å². The molecule has 15 heavy (non-hydrogen) atoms. The molecule has 0 spiro atoms. The molecule has 2 rings (SSSR count). The van der Waals surface area contributed by atoms with Gasteiger partial charge in [0.15, 0.2) is 0 Å². The van der Waals surface area contributed by atoms with Gasteiger partial charge in [-0.3, -0.25) is 0 Å². The second-order valence-corrected chi connectivity index (χ2v) is 5.33. The molecule has 2 aromatic rings. The minimum Gasteiger partial charge on any atom is -0.239 e. The largest absolute Gasteiger partial charge is 0.239 e. The lowest BCUT2D eigenvalue weighted by Gasteiger charge is -2.09. The van der Waals surface area contributed by atoms with Crippen LogP contribution in [0.2, 0.25) is 5.02 Å². The summed E-state index contributed by atoms with van der Waals surface area (Å²) in [5.41, 5.74) is 0.374. The molecule has 0 bridgehead atoms. The Balaban J connectivity index is 2.63. The summed E-state index contributed by atoms with van der Waals surface area (Å²) >= 11 is 7.41. The molecule has 0 amide bonds. The van der Waals surface area contributed by atoms with Gasteiger partial charge in [-0.25, -0.2) is 4.98 Å². The topological polar surface area (TPSA) is 36.7 Å². The summed E-state index contributed by atoms with van der Waals surface area (Å²) < 4.78 is 1.03. The van der Waals surface area contributed by atoms with Crippen molar-refractivity contribution in [3.05, 3.63) is 28.2 Å². The Labute approximate surface area is 97.1 Å². The molecule has 0 aliphatic rings. The van der Waals surface area contributed by atoms with E-state index in [1.165, 1.54) is 11.3 Å². The summed E-state index contributed by atoms with van der Waals surface area (Å²) in [5.74, 6) is 0. The Morgan fingerprint density at radius 2 is 2.20 bits per heavy atom. The predicted molar refractivity (Wildman–Crippen MR) is 63.3 cm³/mol. The van der Waals surface area contributed by atoms with E-state index in [0.717, 1.165) is 15.2 Å². The zero-order valence-corrected chi connectivity index (χ0v) is 9.99. The van der Waals surface area contributed by atoms with Crippen LogP contribution in [0.1, 0.15) is 18.9 Å². The Morgan fingerprint density at radius 3 is 2.87 bits per heavy atom. The van der Waals surface area contributed by atoms with Crippen LogP contribution in [-0.2, 0) is 5.41 Å². The number of benzene rings is 1. The third-order valence-electron chi connectivity index (χ3n) is 2.16. The lowest BCUT2D eigenvalue weighted by atomic mass is 9.97. The molecule has 76 valence electrons. The van der Waals surface area contributed by atoms with E-state index in [9.17, 15) is 0 Å². The van der Waals surface area contributed by atoms with Crippen LogP contribution in [0.25, 0.3) is 10.2 Å². The van der Waals surface area contributed by atoms with E-state index in [1.807, 2.05) is 32.0 Å². The van der Waals surface area contributed by atoms with Crippen molar-refractivity contribution >= 4 is 33.2 Å². The highest BCUT2D eigenvalue weighted by Crippen LogP contribution is 2.32. The molecule has 0 saturated carbocycles. The number of rotatable bonds is 1. The number of hydrogen-bond donors (Lipinski definition) is 0. The van der Waals surface area contributed by atoms with Crippen molar-refractivity contribution in [1.82, 2.24) is 4.98 Å². The van der Waals surface area contributed by atoms with Crippen molar-refractivity contribution in [3.8, 4) is 6.07 Å². The molecule has 2 nitrogen and oxygen atoms in total. The zero-order chi connectivity index (χ0) is 11.1. The van der Waals surface area contributed by atoms with Gasteiger partial charge in [0, 0.05) is 5.02 Å². The monoisotopic (exact) mass is 236 g/mol. The van der Waals surface area contributed by atoms with Crippen LogP contribution in [0.3, 0.4) is 0 Å². The number of thiazole rings is 1. The van der Waals surface area contributed by atoms with Crippen molar-refractivity contribution in [2.45, 2.75) is 19.3 Å². The van der Waals surface area contributed by atoms with Crippen molar-refractivity contribution in [2.75, 3.05) is 0 Å². The van der Waals surface area contributed by atoms with E-state index in [0.29, 0.717) is 5.02 Å². The van der Waals surface area contributed by atoms with Gasteiger partial charge in [0.1, 0.15) is 10.4 Å². The highest BCUT2D eigenvalue weighted by atomic mass is 35.5. The van der Waals surface area contributed by atoms with Gasteiger partial charge in [-0.15, -0.1) is 11.3 Å². The molecule has 0 unspecified atom stereocenters. The summed E-state index contributed by atoms with van der Waals surface area (Å²) in [7, 11) is 0. The fourth-order valence-corrected chi connectivity index (χ4v) is 2.51. The number of fused-ring (bicyclic) bond motifs is 1. The Kier molecular flexibility index (Phi) is 2.41. The van der Waals surface area contributed by atoms with E-state index in [4.69, 9.17) is 16.9 Å². The first-order chi connectivity index (χ1) is 7.03. The fraction of sp³-hybridized carbons (Fsp3) is 0.273. The summed E-state index contributed by atoms with van der Waals surface area (Å²) in [6, 6.07) is 7.82. The Hall–Kier alpha value is -1.11. The lowest BCUT2D eigenvalue weighted by molar-refractivity contribution is 0.682. The van der Waals surface area contributed by atoms with Crippen LogP contribution >= 0.6 is 22.9 Å². The highest BCUT2D eigenvalue weighted by molar-refractivity contribution is 7.18. The molecule has 0 aliphatic heterocycles. The summed E-state index contributed by atoms with van der Waals surface area (Å²) in [5, 5.41) is 10.6. The molecule has 0 aliphatic carbocycles. The van der Waals surface area contributed by atoms with Crippen LogP contribution in [0.5, 0.6) is 0 Å². The second-order valence-electron chi connectivity index (χ2n) is 3.87. The smallest absolute Gasteiger partial charge is 0.114 e. The molecule has 1 heterocycles. The van der Waals surface area contributed by atoms with Gasteiger partial charge in [0.25, 0.3) is 0 Å². The average Bonchev–Trinajstić information content (AvgIpc) is 2.61. The summed E-state index contributed by atoms with van der Waals surface area (Å²) in [4.78, 5) is 4.43. The van der Waals surface area contributed by atoms with Gasteiger partial charge >= 0.3 is 0 Å². The SMILES string of the molecule is CC(C)(C#N)c1nc2ccc(Cl)cc2s1. The number of aromatic nitrogens is 1. The molecular formula is C11H9ClN2S. The van der Waals surface area contributed by atoms with E-state index >= 15 is 0 Å². The van der Waals surface area contributed by atoms with Crippen molar-refractivity contribution in [1.29, 1.82) is 5.26 Å². The molecule has 0 atom stereocenters. The predicted octanol–water partition coefficient (Wildman–Crippen LogP) is 3.75. The van der Waals surface area contributed by atoms with Gasteiger partial charge in [-0.1, -0.05) is 11.6 Å². The van der Waals surface area contributed by atoms with Gasteiger partial charge in [-0.2, -0.15) is 5.26 Å².